The summed E-state index contributed by atoms with van der Waals surface area (Å²) in [4.78, 5) is 42.9. The molecule has 8 nitrogen and oxygen atoms in total. The third kappa shape index (κ3) is 2.74. The molecule has 0 bridgehead atoms. The number of carbonyl (C=O) groups is 2. The Balaban J connectivity index is 1.82. The van der Waals surface area contributed by atoms with Crippen molar-refractivity contribution in [3.05, 3.63) is 62.9 Å². The van der Waals surface area contributed by atoms with Crippen LogP contribution in [0.4, 0.5) is 0 Å². The Morgan fingerprint density at radius 1 is 1.28 bits per heavy atom. The first-order valence-electron chi connectivity index (χ1n) is 10.2. The Morgan fingerprint density at radius 2 is 2.06 bits per heavy atom. The molecule has 9 heteroatoms. The lowest BCUT2D eigenvalue weighted by Crippen LogP contribution is -2.47. The fraction of sp³-hybridized carbons (Fsp3) is 0.304. The van der Waals surface area contributed by atoms with Crippen molar-refractivity contribution >= 4 is 34.5 Å². The van der Waals surface area contributed by atoms with E-state index in [1.165, 1.54) is 6.92 Å². The largest absolute Gasteiger partial charge is 0.463 e. The monoisotopic (exact) mass is 451 g/mol. The Morgan fingerprint density at radius 3 is 2.78 bits per heavy atom. The predicted molar refractivity (Wildman–Crippen MR) is 116 cm³/mol. The first-order chi connectivity index (χ1) is 15.4. The zero-order chi connectivity index (χ0) is 22.6. The van der Waals surface area contributed by atoms with Crippen molar-refractivity contribution < 1.29 is 23.3 Å². The first-order valence-corrected chi connectivity index (χ1v) is 11.1. The minimum Gasteiger partial charge on any atom is -0.457 e. The summed E-state index contributed by atoms with van der Waals surface area (Å²) in [5, 5.41) is 0.876. The van der Waals surface area contributed by atoms with Gasteiger partial charge in [-0.2, -0.15) is 0 Å². The minimum absolute atomic E-state index is 0.122. The van der Waals surface area contributed by atoms with Gasteiger partial charge < -0.3 is 14.0 Å². The maximum Gasteiger partial charge on any atom is 0.463 e. The highest BCUT2D eigenvalue weighted by atomic mass is 32.1. The topological polar surface area (TPSA) is 105 Å². The van der Waals surface area contributed by atoms with Crippen molar-refractivity contribution in [3.8, 4) is 11.4 Å². The summed E-state index contributed by atoms with van der Waals surface area (Å²) in [5.74, 6) is -1.10. The van der Waals surface area contributed by atoms with E-state index in [1.807, 2.05) is 24.3 Å². The number of benzene rings is 1. The number of rotatable bonds is 4. The van der Waals surface area contributed by atoms with Crippen molar-refractivity contribution in [2.24, 2.45) is 0 Å². The van der Waals surface area contributed by atoms with Crippen LogP contribution in [-0.2, 0) is 59.4 Å². The number of para-hydroxylation sites is 1. The van der Waals surface area contributed by atoms with Gasteiger partial charge in [0.1, 0.15) is 6.61 Å². The molecular weight excluding hydrogens is 432 g/mol. The van der Waals surface area contributed by atoms with E-state index >= 15 is 0 Å². The lowest BCUT2D eigenvalue weighted by atomic mass is 9.85. The normalized spacial score (nSPS) is 18.5. The second-order valence-electron chi connectivity index (χ2n) is 7.86. The highest BCUT2D eigenvalue weighted by Crippen LogP contribution is 2.42. The van der Waals surface area contributed by atoms with E-state index in [0.29, 0.717) is 28.6 Å². The second-order valence-corrected chi connectivity index (χ2v) is 8.38. The van der Waals surface area contributed by atoms with Gasteiger partial charge in [0.2, 0.25) is 5.60 Å². The molecule has 5 rings (SSSR count). The van der Waals surface area contributed by atoms with E-state index < -0.39 is 17.5 Å². The van der Waals surface area contributed by atoms with Crippen LogP contribution in [0.1, 0.15) is 42.5 Å². The van der Waals surface area contributed by atoms with Crippen molar-refractivity contribution in [1.82, 2.24) is 9.55 Å². The van der Waals surface area contributed by atoms with Gasteiger partial charge in [-0.15, -0.1) is 0 Å². The molecule has 0 fully saturated rings. The van der Waals surface area contributed by atoms with E-state index in [0.717, 1.165) is 22.0 Å². The van der Waals surface area contributed by atoms with Crippen LogP contribution in [0.5, 0.6) is 0 Å². The molecule has 1 unspecified atom stereocenters. The standard InChI is InChI=1S/C23H19N2O6S/c1-3-23(31-12(2)26)17-8-19-20-14(9-25(19)21(27)15(17)10-30-22(23)28)16(11-32-29)13-6-4-5-7-18(13)24-20/h4-8H,3,9-11H2,1-2H3/q+1. The minimum atomic E-state index is -1.68. The molecule has 0 aliphatic carbocycles. The average molecular weight is 451 g/mol. The van der Waals surface area contributed by atoms with Crippen molar-refractivity contribution in [1.29, 1.82) is 0 Å². The molecule has 0 radical (unpaired) electrons. The number of cyclic esters (lactones) is 1. The molecule has 0 saturated carbocycles. The third-order valence-electron chi connectivity index (χ3n) is 6.20. The fourth-order valence-corrected chi connectivity index (χ4v) is 5.19. The van der Waals surface area contributed by atoms with Gasteiger partial charge in [0.05, 0.1) is 29.0 Å². The summed E-state index contributed by atoms with van der Waals surface area (Å²) in [6.07, 6.45) is 0.122. The zero-order valence-electron chi connectivity index (χ0n) is 17.5. The van der Waals surface area contributed by atoms with Gasteiger partial charge in [0, 0.05) is 33.2 Å². The molecule has 2 aromatic heterocycles. The molecule has 2 aliphatic rings. The van der Waals surface area contributed by atoms with Crippen LogP contribution < -0.4 is 5.56 Å². The van der Waals surface area contributed by atoms with E-state index in [2.05, 4.69) is 0 Å². The molecule has 2 aliphatic heterocycles. The van der Waals surface area contributed by atoms with Crippen LogP contribution in [0.2, 0.25) is 0 Å². The van der Waals surface area contributed by atoms with Crippen LogP contribution in [0.3, 0.4) is 0 Å². The summed E-state index contributed by atoms with van der Waals surface area (Å²) in [6, 6.07) is 9.25. The highest BCUT2D eigenvalue weighted by molar-refractivity contribution is 7.64. The number of fused-ring (bicyclic) bond motifs is 5. The smallest absolute Gasteiger partial charge is 0.457 e. The number of pyridine rings is 2. The zero-order valence-corrected chi connectivity index (χ0v) is 18.3. The molecular formula is C23H19N2O6S+. The molecule has 0 amide bonds. The summed E-state index contributed by atoms with van der Waals surface area (Å²) in [5.41, 5.74) is 2.13. The lowest BCUT2D eigenvalue weighted by molar-refractivity contribution is -0.188. The number of carbonyl (C=O) groups excluding carboxylic acids is 2. The number of hydrogen-bond donors (Lipinski definition) is 0. The Labute approximate surface area is 186 Å². The van der Waals surface area contributed by atoms with E-state index in [-0.39, 0.29) is 36.4 Å². The van der Waals surface area contributed by atoms with Crippen LogP contribution in [0.25, 0.3) is 22.3 Å². The molecule has 3 aromatic rings. The van der Waals surface area contributed by atoms with Gasteiger partial charge in [-0.1, -0.05) is 25.1 Å². The number of esters is 2. The maximum atomic E-state index is 13.5. The molecule has 0 spiro atoms. The number of ether oxygens (including phenoxy) is 2. The summed E-state index contributed by atoms with van der Waals surface area (Å²) >= 11 is 0.467. The molecule has 1 atom stereocenters. The number of aromatic nitrogens is 2. The summed E-state index contributed by atoms with van der Waals surface area (Å²) in [6.45, 7) is 3.00. The Bertz CT molecular complexity index is 1400. The van der Waals surface area contributed by atoms with Gasteiger partial charge in [-0.05, 0) is 18.6 Å². The van der Waals surface area contributed by atoms with Crippen LogP contribution in [-0.4, -0.2) is 21.5 Å². The molecule has 32 heavy (non-hydrogen) atoms. The van der Waals surface area contributed by atoms with Gasteiger partial charge in [-0.25, -0.2) is 9.78 Å². The van der Waals surface area contributed by atoms with E-state index in [4.69, 9.17) is 14.5 Å². The van der Waals surface area contributed by atoms with Crippen molar-refractivity contribution in [2.45, 2.75) is 44.8 Å². The Kier molecular flexibility index (Phi) is 4.67. The predicted octanol–water partition coefficient (Wildman–Crippen LogP) is 2.58. The van der Waals surface area contributed by atoms with Crippen molar-refractivity contribution in [2.75, 3.05) is 0 Å². The SMILES string of the molecule is CCC1(OC(C)=O)C(=O)OCc2c1cc1n(c2=O)Cc2c-1nc1ccccc1c2C[S+]=O. The van der Waals surface area contributed by atoms with Crippen molar-refractivity contribution in [3.63, 3.8) is 0 Å². The third-order valence-corrected chi connectivity index (χ3v) is 6.61. The van der Waals surface area contributed by atoms with Gasteiger partial charge in [0.25, 0.3) is 11.3 Å². The Hall–Kier alpha value is -3.46. The van der Waals surface area contributed by atoms with Gasteiger partial charge >= 0.3 is 23.6 Å². The summed E-state index contributed by atoms with van der Waals surface area (Å²) < 4.78 is 23.8. The lowest BCUT2D eigenvalue weighted by Gasteiger charge is -2.35. The van der Waals surface area contributed by atoms with E-state index in [9.17, 15) is 18.6 Å². The van der Waals surface area contributed by atoms with Crippen LogP contribution in [0.15, 0.2) is 35.1 Å². The summed E-state index contributed by atoms with van der Waals surface area (Å²) in [7, 11) is 0. The second kappa shape index (κ2) is 7.30. The molecule has 4 heterocycles. The number of hydrogen-bond acceptors (Lipinski definition) is 7. The van der Waals surface area contributed by atoms with Gasteiger partial charge in [0.15, 0.2) is 0 Å². The quantitative estimate of drug-likeness (QED) is 0.347. The van der Waals surface area contributed by atoms with Crippen LogP contribution in [0, 0.1) is 0 Å². The molecule has 1 aromatic carbocycles. The molecule has 0 N–H and O–H groups in total. The number of nitrogens with zero attached hydrogens (tertiary/aromatic N) is 2. The maximum absolute atomic E-state index is 13.5. The van der Waals surface area contributed by atoms with Gasteiger partial charge in [-0.3, -0.25) is 9.59 Å². The van der Waals surface area contributed by atoms with E-state index in [1.54, 1.807) is 17.6 Å². The molecule has 162 valence electrons. The van der Waals surface area contributed by atoms with Crippen LogP contribution >= 0.6 is 0 Å². The average Bonchev–Trinajstić information content (AvgIpc) is 3.14. The highest BCUT2D eigenvalue weighted by Gasteiger charge is 2.50. The first kappa shape index (κ1) is 20.4. The fourth-order valence-electron chi connectivity index (χ4n) is 4.74. The molecule has 0 saturated heterocycles.